The first-order valence-electron chi connectivity index (χ1n) is 13.1. The largest absolute Gasteiger partial charge is 0.508 e. The number of nitrogens with two attached hydrogens (primary N) is 3. The second-order valence-corrected chi connectivity index (χ2v) is 9.86. The van der Waals surface area contributed by atoms with Gasteiger partial charge in [0.2, 0.25) is 11.8 Å². The van der Waals surface area contributed by atoms with Gasteiger partial charge in [-0.2, -0.15) is 0 Å². The summed E-state index contributed by atoms with van der Waals surface area (Å²) in [5, 5.41) is 15.3. The first-order chi connectivity index (χ1) is 17.8. The summed E-state index contributed by atoms with van der Waals surface area (Å²) >= 11 is 0. The van der Waals surface area contributed by atoms with Gasteiger partial charge in [0, 0.05) is 6.54 Å². The molecule has 1 aliphatic carbocycles. The number of hydrogen-bond donors (Lipinski definition) is 6. The Morgan fingerprint density at radius 3 is 2.24 bits per heavy atom. The van der Waals surface area contributed by atoms with E-state index in [4.69, 9.17) is 17.2 Å². The third kappa shape index (κ3) is 9.76. The van der Waals surface area contributed by atoms with Gasteiger partial charge in [-0.3, -0.25) is 9.59 Å². The molecule has 1 aliphatic rings. The lowest BCUT2D eigenvalue weighted by atomic mass is 9.85. The normalized spacial score (nSPS) is 15.4. The van der Waals surface area contributed by atoms with Gasteiger partial charge < -0.3 is 32.9 Å². The Kier molecular flexibility index (Phi) is 10.8. The number of hydrogen-bond acceptors (Lipinski definition) is 5. The van der Waals surface area contributed by atoms with Gasteiger partial charge >= 0.3 is 0 Å². The molecule has 0 unspecified atom stereocenters. The fourth-order valence-electron chi connectivity index (χ4n) is 4.74. The molecule has 2 aromatic carbocycles. The van der Waals surface area contributed by atoms with Crippen LogP contribution in [0.25, 0.3) is 0 Å². The van der Waals surface area contributed by atoms with Crippen molar-refractivity contribution in [3.05, 3.63) is 59.7 Å². The van der Waals surface area contributed by atoms with E-state index in [0.29, 0.717) is 37.4 Å². The number of guanidine groups is 1. The Morgan fingerprint density at radius 1 is 0.946 bits per heavy atom. The molecule has 2 atom stereocenters. The van der Waals surface area contributed by atoms with Crippen LogP contribution in [0.1, 0.15) is 56.1 Å². The van der Waals surface area contributed by atoms with Crippen molar-refractivity contribution in [2.75, 3.05) is 6.54 Å². The topological polar surface area (TPSA) is 169 Å². The molecule has 1 saturated carbocycles. The number of aliphatic imine (C=N–C) groups is 1. The van der Waals surface area contributed by atoms with Crippen LogP contribution in [0, 0.1) is 5.92 Å². The highest BCUT2D eigenvalue weighted by molar-refractivity contribution is 5.89. The highest BCUT2D eigenvalue weighted by Gasteiger charge is 2.25. The molecular weight excluding hydrogens is 468 g/mol. The van der Waals surface area contributed by atoms with Crippen LogP contribution in [0.3, 0.4) is 0 Å². The summed E-state index contributed by atoms with van der Waals surface area (Å²) in [7, 11) is 0. The molecule has 0 spiro atoms. The Hall–Kier alpha value is -3.59. The van der Waals surface area contributed by atoms with Crippen molar-refractivity contribution < 1.29 is 14.7 Å². The van der Waals surface area contributed by atoms with E-state index in [-0.39, 0.29) is 23.5 Å². The van der Waals surface area contributed by atoms with Crippen molar-refractivity contribution in [3.8, 4) is 5.75 Å². The maximum absolute atomic E-state index is 13.1. The zero-order valence-corrected chi connectivity index (χ0v) is 21.4. The SMILES string of the molecule is NC(N)=Nc1ccc(C[C@H](N)C(=O)N[C@@H](CCC2CCCCC2)C(=O)NCCc2ccc(O)cc2)cc1. The van der Waals surface area contributed by atoms with Gasteiger partial charge in [0.25, 0.3) is 0 Å². The van der Waals surface area contributed by atoms with Crippen LogP contribution in [0.5, 0.6) is 5.75 Å². The van der Waals surface area contributed by atoms with Crippen molar-refractivity contribution in [1.29, 1.82) is 0 Å². The standard InChI is InChI=1S/C28H40N6O3/c29-24(18-21-6-11-22(12-7-21)33-28(30)31)26(36)34-25(15-10-19-4-2-1-3-5-19)27(37)32-17-16-20-8-13-23(35)14-9-20/h6-9,11-14,19,24-25,35H,1-5,10,15-18,29H2,(H,32,37)(H,34,36)(H4,30,31,33)/t24-,25-/m0/s1. The van der Waals surface area contributed by atoms with Crippen LogP contribution in [0.4, 0.5) is 5.69 Å². The van der Waals surface area contributed by atoms with Crippen molar-refractivity contribution in [2.45, 2.75) is 69.9 Å². The molecule has 2 aromatic rings. The minimum absolute atomic E-state index is 0.0237. The molecule has 3 rings (SSSR count). The van der Waals surface area contributed by atoms with Gasteiger partial charge in [-0.05, 0) is 67.0 Å². The van der Waals surface area contributed by atoms with E-state index in [1.807, 2.05) is 24.3 Å². The van der Waals surface area contributed by atoms with Gasteiger partial charge in [0.05, 0.1) is 11.7 Å². The van der Waals surface area contributed by atoms with E-state index in [9.17, 15) is 14.7 Å². The molecule has 9 heteroatoms. The number of phenolic OH excluding ortho intramolecular Hbond substituents is 1. The Bertz CT molecular complexity index is 1030. The average molecular weight is 509 g/mol. The second kappa shape index (κ2) is 14.2. The van der Waals surface area contributed by atoms with Crippen LogP contribution in [-0.4, -0.2) is 41.5 Å². The summed E-state index contributed by atoms with van der Waals surface area (Å²) in [5.74, 6) is 0.228. The molecule has 2 amide bonds. The van der Waals surface area contributed by atoms with Crippen LogP contribution in [0.15, 0.2) is 53.5 Å². The fourth-order valence-corrected chi connectivity index (χ4v) is 4.74. The molecule has 200 valence electrons. The predicted octanol–water partition coefficient (Wildman–Crippen LogP) is 2.37. The average Bonchev–Trinajstić information content (AvgIpc) is 2.89. The Labute approximate surface area is 218 Å². The molecule has 37 heavy (non-hydrogen) atoms. The molecule has 0 heterocycles. The maximum Gasteiger partial charge on any atom is 0.242 e. The molecule has 9 nitrogen and oxygen atoms in total. The summed E-state index contributed by atoms with van der Waals surface area (Å²) in [6.45, 7) is 0.438. The van der Waals surface area contributed by atoms with E-state index < -0.39 is 12.1 Å². The quantitative estimate of drug-likeness (QED) is 0.190. The summed E-state index contributed by atoms with van der Waals surface area (Å²) in [6.07, 6.45) is 8.53. The van der Waals surface area contributed by atoms with Crippen molar-refractivity contribution in [2.24, 2.45) is 28.1 Å². The summed E-state index contributed by atoms with van der Waals surface area (Å²) in [5.41, 5.74) is 19.5. The van der Waals surface area contributed by atoms with Crippen LogP contribution < -0.4 is 27.8 Å². The first-order valence-corrected chi connectivity index (χ1v) is 13.1. The van der Waals surface area contributed by atoms with Crippen LogP contribution in [-0.2, 0) is 22.4 Å². The van der Waals surface area contributed by atoms with Gasteiger partial charge in [0.1, 0.15) is 11.8 Å². The van der Waals surface area contributed by atoms with Crippen molar-refractivity contribution >= 4 is 23.5 Å². The molecule has 0 bridgehead atoms. The van der Waals surface area contributed by atoms with Crippen molar-refractivity contribution in [3.63, 3.8) is 0 Å². The maximum atomic E-state index is 13.1. The molecule has 0 saturated heterocycles. The monoisotopic (exact) mass is 508 g/mol. The number of benzene rings is 2. The third-order valence-corrected chi connectivity index (χ3v) is 6.86. The number of phenols is 1. The molecule has 0 radical (unpaired) electrons. The lowest BCUT2D eigenvalue weighted by molar-refractivity contribution is -0.129. The van der Waals surface area contributed by atoms with Crippen molar-refractivity contribution in [1.82, 2.24) is 10.6 Å². The van der Waals surface area contributed by atoms with Gasteiger partial charge in [-0.15, -0.1) is 0 Å². The number of aromatic hydroxyl groups is 1. The molecule has 0 aliphatic heterocycles. The lowest BCUT2D eigenvalue weighted by Crippen LogP contribution is -2.52. The predicted molar refractivity (Wildman–Crippen MR) is 146 cm³/mol. The van der Waals surface area contributed by atoms with E-state index >= 15 is 0 Å². The van der Waals surface area contributed by atoms with E-state index in [1.165, 1.54) is 32.1 Å². The van der Waals surface area contributed by atoms with Gasteiger partial charge in [-0.1, -0.05) is 56.4 Å². The van der Waals surface area contributed by atoms with E-state index in [0.717, 1.165) is 17.5 Å². The first kappa shape index (κ1) is 28.0. The summed E-state index contributed by atoms with van der Waals surface area (Å²) in [6, 6.07) is 12.6. The summed E-state index contributed by atoms with van der Waals surface area (Å²) < 4.78 is 0. The molecule has 9 N–H and O–H groups in total. The van der Waals surface area contributed by atoms with Gasteiger partial charge in [0.15, 0.2) is 5.96 Å². The smallest absolute Gasteiger partial charge is 0.242 e. The summed E-state index contributed by atoms with van der Waals surface area (Å²) in [4.78, 5) is 30.0. The number of nitrogens with zero attached hydrogens (tertiary/aromatic N) is 1. The van der Waals surface area contributed by atoms with Crippen LogP contribution >= 0.6 is 0 Å². The number of nitrogens with one attached hydrogen (secondary N) is 2. The third-order valence-electron chi connectivity index (χ3n) is 6.86. The zero-order valence-electron chi connectivity index (χ0n) is 21.4. The van der Waals surface area contributed by atoms with Gasteiger partial charge in [-0.25, -0.2) is 4.99 Å². The number of amides is 2. The highest BCUT2D eigenvalue weighted by atomic mass is 16.3. The molecular formula is C28H40N6O3. The van der Waals surface area contributed by atoms with Crippen LogP contribution in [0.2, 0.25) is 0 Å². The number of carbonyl (C=O) groups is 2. The Balaban J connectivity index is 1.56. The lowest BCUT2D eigenvalue weighted by Gasteiger charge is -2.25. The Morgan fingerprint density at radius 2 is 1.59 bits per heavy atom. The molecule has 1 fully saturated rings. The highest BCUT2D eigenvalue weighted by Crippen LogP contribution is 2.27. The second-order valence-electron chi connectivity index (χ2n) is 9.86. The van der Waals surface area contributed by atoms with E-state index in [1.54, 1.807) is 24.3 Å². The number of carbonyl (C=O) groups excluding carboxylic acids is 2. The number of rotatable bonds is 12. The zero-order chi connectivity index (χ0) is 26.6. The van der Waals surface area contributed by atoms with E-state index in [2.05, 4.69) is 15.6 Å². The molecule has 0 aromatic heterocycles. The minimum Gasteiger partial charge on any atom is -0.508 e. The minimum atomic E-state index is -0.795. The fraction of sp³-hybridized carbons (Fsp3) is 0.464.